The van der Waals surface area contributed by atoms with Gasteiger partial charge in [-0.25, -0.2) is 15.1 Å². The summed E-state index contributed by atoms with van der Waals surface area (Å²) in [6.45, 7) is 6.62. The molecule has 10 heteroatoms. The standard InChI is InChI=1S/C32H35N5O5/c1-6-21-10-11-23-22(12-15-26(40-4)29(23)33-21)24-13-16-28(38)37(36-24)17-7-8-18-42-25-14-9-20(19-27(25)41-5)30-32(2,3)31(39)35-34-30/h9-16,19H,6-8,17-18H2,1-5H3,(H,35,39). The van der Waals surface area contributed by atoms with Crippen LogP contribution in [0.4, 0.5) is 0 Å². The first kappa shape index (κ1) is 28.8. The summed E-state index contributed by atoms with van der Waals surface area (Å²) in [7, 11) is 3.21. The molecular formula is C32H35N5O5. The van der Waals surface area contributed by atoms with Crippen molar-refractivity contribution in [2.45, 2.75) is 46.6 Å². The van der Waals surface area contributed by atoms with Crippen molar-refractivity contribution < 1.29 is 19.0 Å². The lowest BCUT2D eigenvalue weighted by Crippen LogP contribution is -2.32. The Morgan fingerprint density at radius 3 is 2.40 bits per heavy atom. The number of carbonyl (C=O) groups is 1. The highest BCUT2D eigenvalue weighted by atomic mass is 16.5. The van der Waals surface area contributed by atoms with Gasteiger partial charge in [0.1, 0.15) is 11.3 Å². The highest BCUT2D eigenvalue weighted by Crippen LogP contribution is 2.34. The minimum Gasteiger partial charge on any atom is -0.494 e. The quantitative estimate of drug-likeness (QED) is 0.259. The van der Waals surface area contributed by atoms with E-state index in [1.807, 2.05) is 56.3 Å². The molecule has 10 nitrogen and oxygen atoms in total. The number of rotatable bonds is 11. The van der Waals surface area contributed by atoms with Crippen LogP contribution in [0.5, 0.6) is 17.2 Å². The van der Waals surface area contributed by atoms with Crippen molar-refractivity contribution in [3.8, 4) is 28.5 Å². The molecule has 2 aromatic carbocycles. The van der Waals surface area contributed by atoms with Gasteiger partial charge >= 0.3 is 0 Å². The Morgan fingerprint density at radius 2 is 1.69 bits per heavy atom. The first-order valence-electron chi connectivity index (χ1n) is 14.0. The maximum Gasteiger partial charge on any atom is 0.266 e. The van der Waals surface area contributed by atoms with E-state index in [1.54, 1.807) is 26.4 Å². The number of fused-ring (bicyclic) bond motifs is 1. The van der Waals surface area contributed by atoms with Crippen LogP contribution in [0.3, 0.4) is 0 Å². The molecular weight excluding hydrogens is 534 g/mol. The molecule has 0 saturated heterocycles. The maximum atomic E-state index is 12.6. The molecule has 0 bridgehead atoms. The van der Waals surface area contributed by atoms with E-state index in [-0.39, 0.29) is 11.5 Å². The van der Waals surface area contributed by atoms with Crippen molar-refractivity contribution in [2.75, 3.05) is 20.8 Å². The largest absolute Gasteiger partial charge is 0.494 e. The number of nitrogens with one attached hydrogen (secondary N) is 1. The predicted molar refractivity (Wildman–Crippen MR) is 161 cm³/mol. The summed E-state index contributed by atoms with van der Waals surface area (Å²) in [5.74, 6) is 1.71. The minimum absolute atomic E-state index is 0.143. The zero-order chi connectivity index (χ0) is 29.9. The zero-order valence-corrected chi connectivity index (χ0v) is 24.6. The van der Waals surface area contributed by atoms with Crippen LogP contribution in [0, 0.1) is 5.41 Å². The van der Waals surface area contributed by atoms with E-state index < -0.39 is 5.41 Å². The minimum atomic E-state index is -0.729. The highest BCUT2D eigenvalue weighted by Gasteiger charge is 2.39. The van der Waals surface area contributed by atoms with Crippen LogP contribution in [0.1, 0.15) is 44.9 Å². The van der Waals surface area contributed by atoms with Gasteiger partial charge in [0.15, 0.2) is 11.5 Å². The molecule has 42 heavy (non-hydrogen) atoms. The number of ether oxygens (including phenoxy) is 3. The predicted octanol–water partition coefficient (Wildman–Crippen LogP) is 4.76. The van der Waals surface area contributed by atoms with Crippen molar-refractivity contribution in [1.82, 2.24) is 20.2 Å². The van der Waals surface area contributed by atoms with Gasteiger partial charge in [-0.05, 0) is 75.6 Å². The molecule has 1 aliphatic heterocycles. The highest BCUT2D eigenvalue weighted by molar-refractivity contribution is 6.19. The topological polar surface area (TPSA) is 117 Å². The van der Waals surface area contributed by atoms with Gasteiger partial charge in [-0.15, -0.1) is 0 Å². The fourth-order valence-corrected chi connectivity index (χ4v) is 4.97. The smallest absolute Gasteiger partial charge is 0.266 e. The van der Waals surface area contributed by atoms with E-state index in [4.69, 9.17) is 19.2 Å². The third-order valence-electron chi connectivity index (χ3n) is 7.49. The second-order valence-corrected chi connectivity index (χ2v) is 10.6. The number of unbranched alkanes of at least 4 members (excludes halogenated alkanes) is 1. The number of amides is 1. The van der Waals surface area contributed by atoms with Crippen LogP contribution in [0.15, 0.2) is 64.5 Å². The molecule has 4 aromatic rings. The summed E-state index contributed by atoms with van der Waals surface area (Å²) >= 11 is 0. The Kier molecular flexibility index (Phi) is 8.24. The number of aryl methyl sites for hydroxylation is 2. The third-order valence-corrected chi connectivity index (χ3v) is 7.49. The molecule has 0 atom stereocenters. The van der Waals surface area contributed by atoms with Crippen LogP contribution in [-0.4, -0.2) is 47.2 Å². The van der Waals surface area contributed by atoms with Crippen LogP contribution in [-0.2, 0) is 17.8 Å². The molecule has 0 saturated carbocycles. The fourth-order valence-electron chi connectivity index (χ4n) is 4.97. The van der Waals surface area contributed by atoms with E-state index in [9.17, 15) is 9.59 Å². The number of pyridine rings is 1. The molecule has 1 amide bonds. The Morgan fingerprint density at radius 1 is 0.905 bits per heavy atom. The molecule has 1 aliphatic rings. The number of aromatic nitrogens is 3. The van der Waals surface area contributed by atoms with Crippen molar-refractivity contribution in [2.24, 2.45) is 10.5 Å². The summed E-state index contributed by atoms with van der Waals surface area (Å²) < 4.78 is 18.6. The zero-order valence-electron chi connectivity index (χ0n) is 24.6. The van der Waals surface area contributed by atoms with Crippen molar-refractivity contribution >= 4 is 22.5 Å². The average molecular weight is 570 g/mol. The summed E-state index contributed by atoms with van der Waals surface area (Å²) in [6.07, 6.45) is 2.22. The van der Waals surface area contributed by atoms with E-state index in [1.165, 1.54) is 4.68 Å². The number of benzene rings is 2. The van der Waals surface area contributed by atoms with Crippen molar-refractivity contribution in [3.63, 3.8) is 0 Å². The van der Waals surface area contributed by atoms with E-state index in [2.05, 4.69) is 22.5 Å². The first-order valence-corrected chi connectivity index (χ1v) is 14.0. The lowest BCUT2D eigenvalue weighted by molar-refractivity contribution is -0.125. The van der Waals surface area contributed by atoms with Gasteiger partial charge in [0.05, 0.1) is 37.6 Å². The SMILES string of the molecule is CCc1ccc2c(-c3ccc(=O)n(CCCCOc4ccc(C5=NNC(=O)C5(C)C)cc4OC)n3)ccc(OC)c2n1. The molecule has 5 rings (SSSR count). The maximum absolute atomic E-state index is 12.6. The number of carbonyl (C=O) groups excluding carboxylic acids is 1. The number of nitrogens with zero attached hydrogens (tertiary/aromatic N) is 4. The van der Waals surface area contributed by atoms with Crippen LogP contribution in [0.25, 0.3) is 22.2 Å². The molecule has 0 spiro atoms. The second-order valence-electron chi connectivity index (χ2n) is 10.6. The summed E-state index contributed by atoms with van der Waals surface area (Å²) in [5, 5.41) is 9.79. The monoisotopic (exact) mass is 569 g/mol. The Hall–Kier alpha value is -4.73. The van der Waals surface area contributed by atoms with E-state index >= 15 is 0 Å². The number of methoxy groups -OCH3 is 2. The number of hydrogen-bond acceptors (Lipinski definition) is 8. The van der Waals surface area contributed by atoms with Gasteiger partial charge < -0.3 is 14.2 Å². The van der Waals surface area contributed by atoms with Crippen LogP contribution in [0.2, 0.25) is 0 Å². The molecule has 0 fully saturated rings. The third kappa shape index (κ3) is 5.57. The normalized spacial score (nSPS) is 14.0. The van der Waals surface area contributed by atoms with Gasteiger partial charge in [-0.3, -0.25) is 9.59 Å². The molecule has 0 aliphatic carbocycles. The van der Waals surface area contributed by atoms with Gasteiger partial charge in [0, 0.05) is 34.8 Å². The van der Waals surface area contributed by atoms with Crippen molar-refractivity contribution in [3.05, 3.63) is 76.2 Å². The number of hydrazone groups is 1. The van der Waals surface area contributed by atoms with Gasteiger partial charge in [0.25, 0.3) is 11.5 Å². The summed E-state index contributed by atoms with van der Waals surface area (Å²) in [5.41, 5.74) is 6.44. The van der Waals surface area contributed by atoms with E-state index in [0.717, 1.165) is 34.1 Å². The van der Waals surface area contributed by atoms with Gasteiger partial charge in [0.2, 0.25) is 0 Å². The molecule has 0 unspecified atom stereocenters. The average Bonchev–Trinajstić information content (AvgIpc) is 3.28. The lowest BCUT2D eigenvalue weighted by Gasteiger charge is -2.18. The number of hydrogen-bond donors (Lipinski definition) is 1. The molecule has 218 valence electrons. The Balaban J connectivity index is 1.24. The van der Waals surface area contributed by atoms with Crippen molar-refractivity contribution in [1.29, 1.82) is 0 Å². The van der Waals surface area contributed by atoms with E-state index in [0.29, 0.717) is 54.6 Å². The summed E-state index contributed by atoms with van der Waals surface area (Å²) in [4.78, 5) is 29.5. The summed E-state index contributed by atoms with van der Waals surface area (Å²) in [6, 6.07) is 16.7. The lowest BCUT2D eigenvalue weighted by atomic mass is 9.84. The fraction of sp³-hybridized carbons (Fsp3) is 0.344. The van der Waals surface area contributed by atoms with Crippen LogP contribution < -0.4 is 25.2 Å². The van der Waals surface area contributed by atoms with Crippen LogP contribution >= 0.6 is 0 Å². The Labute approximate surface area is 244 Å². The van der Waals surface area contributed by atoms with Gasteiger partial charge in [-0.1, -0.05) is 13.0 Å². The molecule has 0 radical (unpaired) electrons. The second kappa shape index (κ2) is 12.0. The first-order chi connectivity index (χ1) is 20.3. The Bertz CT molecular complexity index is 1730. The molecule has 1 N–H and O–H groups in total. The van der Waals surface area contributed by atoms with Gasteiger partial charge in [-0.2, -0.15) is 10.2 Å². The molecule has 3 heterocycles. The molecule has 2 aromatic heterocycles.